The number of benzene rings is 1. The molecule has 1 fully saturated rings. The summed E-state index contributed by atoms with van der Waals surface area (Å²) in [6.07, 6.45) is 0.505. The van der Waals surface area contributed by atoms with Gasteiger partial charge in [-0.05, 0) is 19.1 Å². The van der Waals surface area contributed by atoms with E-state index in [0.29, 0.717) is 48.6 Å². The van der Waals surface area contributed by atoms with Crippen molar-refractivity contribution in [1.82, 2.24) is 15.5 Å². The minimum atomic E-state index is 0.0337. The number of aromatic amines is 1. The number of aromatic nitrogens is 2. The number of carbonyl (C=O) groups excluding carboxylic acids is 1. The van der Waals surface area contributed by atoms with Crippen molar-refractivity contribution in [2.45, 2.75) is 26.5 Å². The first-order valence-electron chi connectivity index (χ1n) is 8.77. The van der Waals surface area contributed by atoms with Crippen molar-refractivity contribution in [1.29, 1.82) is 0 Å². The number of carbonyl (C=O) groups is 1. The van der Waals surface area contributed by atoms with Crippen molar-refractivity contribution in [2.24, 2.45) is 5.92 Å². The largest absolute Gasteiger partial charge is 0.484 e. The van der Waals surface area contributed by atoms with Crippen LogP contribution < -0.4 is 10.1 Å². The lowest BCUT2D eigenvalue weighted by molar-refractivity contribution is -0.126. The number of nitrogens with zero attached hydrogens (tertiary/aromatic N) is 1. The number of nitrogens with one attached hydrogen (secondary N) is 2. The zero-order valence-corrected chi connectivity index (χ0v) is 15.6. The Kier molecular flexibility index (Phi) is 5.05. The van der Waals surface area contributed by atoms with Gasteiger partial charge in [-0.1, -0.05) is 16.8 Å². The van der Waals surface area contributed by atoms with Crippen molar-refractivity contribution >= 4 is 28.4 Å². The van der Waals surface area contributed by atoms with Gasteiger partial charge >= 0.3 is 0 Å². The van der Waals surface area contributed by atoms with Crippen LogP contribution in [0.1, 0.15) is 23.6 Å². The van der Waals surface area contributed by atoms with Gasteiger partial charge in [0.1, 0.15) is 12.4 Å². The second-order valence-electron chi connectivity index (χ2n) is 6.77. The Bertz CT molecular complexity index is 961. The molecule has 4 rings (SSSR count). The average Bonchev–Trinajstić information content (AvgIpc) is 3.19. The Labute approximate surface area is 161 Å². The fraction of sp³-hybridized carbons (Fsp3) is 0.368. The summed E-state index contributed by atoms with van der Waals surface area (Å²) in [5, 5.41) is 8.23. The van der Waals surface area contributed by atoms with Gasteiger partial charge < -0.3 is 24.3 Å². The van der Waals surface area contributed by atoms with Crippen LogP contribution in [0.15, 0.2) is 28.8 Å². The van der Waals surface area contributed by atoms with Crippen LogP contribution >= 0.6 is 11.6 Å². The van der Waals surface area contributed by atoms with Gasteiger partial charge in [0, 0.05) is 41.1 Å². The molecule has 27 heavy (non-hydrogen) atoms. The second kappa shape index (κ2) is 7.62. The second-order valence-corrected chi connectivity index (χ2v) is 7.18. The van der Waals surface area contributed by atoms with Gasteiger partial charge in [0.05, 0.1) is 30.5 Å². The number of fused-ring (bicyclic) bond motifs is 1. The Morgan fingerprint density at radius 2 is 2.22 bits per heavy atom. The first-order chi connectivity index (χ1) is 13.1. The number of aryl methyl sites for hydroxylation is 1. The van der Waals surface area contributed by atoms with Crippen LogP contribution in [-0.4, -0.2) is 29.3 Å². The van der Waals surface area contributed by atoms with E-state index in [-0.39, 0.29) is 12.5 Å². The average molecular weight is 390 g/mol. The molecule has 0 spiro atoms. The minimum absolute atomic E-state index is 0.0337. The summed E-state index contributed by atoms with van der Waals surface area (Å²) in [5.41, 5.74) is 2.60. The Balaban J connectivity index is 1.40. The molecular formula is C19H20ClN3O4. The lowest BCUT2D eigenvalue weighted by Gasteiger charge is -2.25. The van der Waals surface area contributed by atoms with Crippen molar-refractivity contribution in [2.75, 3.05) is 13.2 Å². The first kappa shape index (κ1) is 17.9. The van der Waals surface area contributed by atoms with Gasteiger partial charge in [0.15, 0.2) is 5.76 Å². The highest BCUT2D eigenvalue weighted by atomic mass is 35.5. The third kappa shape index (κ3) is 4.26. The summed E-state index contributed by atoms with van der Waals surface area (Å²) < 4.78 is 16.0. The summed E-state index contributed by atoms with van der Waals surface area (Å²) in [7, 11) is 0. The van der Waals surface area contributed by atoms with E-state index < -0.39 is 0 Å². The molecule has 0 saturated carbocycles. The zero-order chi connectivity index (χ0) is 18.8. The Morgan fingerprint density at radius 3 is 2.93 bits per heavy atom. The summed E-state index contributed by atoms with van der Waals surface area (Å²) in [6, 6.07) is 7.47. The number of H-pyrrole nitrogens is 1. The highest BCUT2D eigenvalue weighted by Crippen LogP contribution is 2.31. The standard InChI is InChI=1S/C19H20ClN3O4/c1-11-2-15(27-23-11)10-26-18-6-17-13(5-16(18)20)4-14(22-17)7-21-19(24)3-12-8-25-9-12/h2,4-6,12,22H,3,7-10H2,1H3,(H,21,24). The molecule has 1 aromatic carbocycles. The maximum Gasteiger partial charge on any atom is 0.220 e. The quantitative estimate of drug-likeness (QED) is 0.646. The Hall–Kier alpha value is -2.51. The molecule has 0 atom stereocenters. The van der Waals surface area contributed by atoms with Crippen LogP contribution in [0, 0.1) is 12.8 Å². The molecule has 0 radical (unpaired) electrons. The van der Waals surface area contributed by atoms with E-state index >= 15 is 0 Å². The monoisotopic (exact) mass is 389 g/mol. The first-order valence-corrected chi connectivity index (χ1v) is 9.15. The van der Waals surface area contributed by atoms with Crippen LogP contribution in [0.25, 0.3) is 10.9 Å². The number of hydrogen-bond donors (Lipinski definition) is 2. The fourth-order valence-corrected chi connectivity index (χ4v) is 3.19. The molecule has 1 aliphatic rings. The van der Waals surface area contributed by atoms with E-state index in [0.717, 1.165) is 22.3 Å². The van der Waals surface area contributed by atoms with Crippen molar-refractivity contribution in [3.63, 3.8) is 0 Å². The number of amides is 1. The minimum Gasteiger partial charge on any atom is -0.484 e. The van der Waals surface area contributed by atoms with Crippen molar-refractivity contribution < 1.29 is 18.8 Å². The molecule has 0 aliphatic carbocycles. The molecule has 3 aromatic rings. The molecule has 7 nitrogen and oxygen atoms in total. The number of hydrogen-bond acceptors (Lipinski definition) is 5. The maximum absolute atomic E-state index is 11.9. The normalized spacial score (nSPS) is 14.3. The van der Waals surface area contributed by atoms with Crippen molar-refractivity contribution in [3.8, 4) is 5.75 Å². The number of rotatable bonds is 7. The lowest BCUT2D eigenvalue weighted by atomic mass is 10.0. The van der Waals surface area contributed by atoms with Gasteiger partial charge in [0.2, 0.25) is 5.91 Å². The molecular weight excluding hydrogens is 370 g/mol. The predicted molar refractivity (Wildman–Crippen MR) is 99.7 cm³/mol. The van der Waals surface area contributed by atoms with E-state index in [1.807, 2.05) is 31.2 Å². The highest BCUT2D eigenvalue weighted by molar-refractivity contribution is 6.32. The SMILES string of the molecule is Cc1cc(COc2cc3[nH]c(CNC(=O)CC4COC4)cc3cc2Cl)on1. The fourth-order valence-electron chi connectivity index (χ4n) is 2.96. The smallest absolute Gasteiger partial charge is 0.220 e. The summed E-state index contributed by atoms with van der Waals surface area (Å²) in [5.74, 6) is 1.57. The van der Waals surface area contributed by atoms with E-state index in [1.54, 1.807) is 0 Å². The summed E-state index contributed by atoms with van der Waals surface area (Å²) >= 11 is 6.32. The van der Waals surface area contributed by atoms with Crippen molar-refractivity contribution in [3.05, 3.63) is 46.4 Å². The number of ether oxygens (including phenoxy) is 2. The molecule has 0 unspecified atom stereocenters. The van der Waals surface area contributed by atoms with Crippen LogP contribution in [0.4, 0.5) is 0 Å². The number of halogens is 1. The molecule has 3 heterocycles. The molecule has 8 heteroatoms. The molecule has 142 valence electrons. The molecule has 1 amide bonds. The molecule has 2 N–H and O–H groups in total. The third-order valence-electron chi connectivity index (χ3n) is 4.43. The van der Waals surface area contributed by atoms with E-state index in [1.165, 1.54) is 0 Å². The summed E-state index contributed by atoms with van der Waals surface area (Å²) in [4.78, 5) is 15.2. The highest BCUT2D eigenvalue weighted by Gasteiger charge is 2.21. The van der Waals surface area contributed by atoms with Crippen LogP contribution in [0.5, 0.6) is 5.75 Å². The molecule has 2 aromatic heterocycles. The van der Waals surface area contributed by atoms with Gasteiger partial charge in [-0.3, -0.25) is 4.79 Å². The van der Waals surface area contributed by atoms with Crippen LogP contribution in [0.2, 0.25) is 5.02 Å². The molecule has 1 saturated heterocycles. The Morgan fingerprint density at radius 1 is 1.37 bits per heavy atom. The predicted octanol–water partition coefficient (Wildman–Crippen LogP) is 3.35. The van der Waals surface area contributed by atoms with E-state index in [2.05, 4.69) is 15.5 Å². The van der Waals surface area contributed by atoms with Gasteiger partial charge in [-0.2, -0.15) is 0 Å². The van der Waals surface area contributed by atoms with Gasteiger partial charge in [-0.25, -0.2) is 0 Å². The van der Waals surface area contributed by atoms with E-state index in [9.17, 15) is 4.79 Å². The van der Waals surface area contributed by atoms with Crippen LogP contribution in [-0.2, 0) is 22.7 Å². The molecule has 0 bridgehead atoms. The van der Waals surface area contributed by atoms with E-state index in [4.69, 9.17) is 25.6 Å². The van der Waals surface area contributed by atoms with Gasteiger partial charge in [-0.15, -0.1) is 0 Å². The third-order valence-corrected chi connectivity index (χ3v) is 4.73. The zero-order valence-electron chi connectivity index (χ0n) is 14.9. The lowest BCUT2D eigenvalue weighted by Crippen LogP contribution is -2.34. The summed E-state index contributed by atoms with van der Waals surface area (Å²) in [6.45, 7) is 3.89. The topological polar surface area (TPSA) is 89.4 Å². The molecule has 1 aliphatic heterocycles. The van der Waals surface area contributed by atoms with Crippen LogP contribution in [0.3, 0.4) is 0 Å². The van der Waals surface area contributed by atoms with Gasteiger partial charge in [0.25, 0.3) is 0 Å². The maximum atomic E-state index is 11.9.